The van der Waals surface area contributed by atoms with E-state index in [1.807, 2.05) is 55.5 Å². The van der Waals surface area contributed by atoms with E-state index in [1.165, 1.54) is 4.90 Å². The van der Waals surface area contributed by atoms with Gasteiger partial charge in [0.05, 0.1) is 18.8 Å². The molecule has 0 bridgehead atoms. The molecule has 2 aromatic carbocycles. The lowest BCUT2D eigenvalue weighted by molar-refractivity contribution is -0.140. The van der Waals surface area contributed by atoms with Crippen molar-refractivity contribution >= 4 is 29.2 Å². The molecule has 0 radical (unpaired) electrons. The largest absolute Gasteiger partial charge is 0.494 e. The second-order valence-corrected chi connectivity index (χ2v) is 8.10. The number of nitrogens with one attached hydrogen (secondary N) is 1. The molecule has 0 atom stereocenters. The molecule has 2 aliphatic rings. The van der Waals surface area contributed by atoms with E-state index in [9.17, 15) is 14.4 Å². The van der Waals surface area contributed by atoms with E-state index in [-0.39, 0.29) is 29.6 Å². The zero-order chi connectivity index (χ0) is 24.1. The molecule has 0 unspecified atom stereocenters. The van der Waals surface area contributed by atoms with Crippen molar-refractivity contribution in [2.75, 3.05) is 31.6 Å². The van der Waals surface area contributed by atoms with Gasteiger partial charge >= 0.3 is 6.09 Å². The zero-order valence-corrected chi connectivity index (χ0v) is 19.5. The molecule has 4 rings (SSSR count). The Morgan fingerprint density at radius 3 is 2.38 bits per heavy atom. The fourth-order valence-corrected chi connectivity index (χ4v) is 4.36. The van der Waals surface area contributed by atoms with Crippen molar-refractivity contribution in [3.8, 4) is 5.75 Å². The van der Waals surface area contributed by atoms with Gasteiger partial charge in [-0.3, -0.25) is 14.5 Å². The highest BCUT2D eigenvalue weighted by molar-refractivity contribution is 6.36. The molecule has 2 heterocycles. The van der Waals surface area contributed by atoms with Crippen molar-refractivity contribution < 1.29 is 23.9 Å². The standard InChI is InChI=1S/C26H29N3O5/c1-3-33-21-12-8-11-19(17-21)27-23-22(18-9-6-5-7-10-18)24(30)29(25(23)31)20-13-15-28(16-14-20)26(32)34-4-2/h5-12,17,20,27H,3-4,13-16H2,1-2H3. The molecule has 34 heavy (non-hydrogen) atoms. The third-order valence-electron chi connectivity index (χ3n) is 5.95. The Balaban J connectivity index is 1.60. The molecule has 0 saturated carbocycles. The summed E-state index contributed by atoms with van der Waals surface area (Å²) in [6, 6.07) is 16.2. The number of amides is 3. The van der Waals surface area contributed by atoms with Crippen LogP contribution in [0, 0.1) is 0 Å². The van der Waals surface area contributed by atoms with E-state index in [2.05, 4.69) is 5.32 Å². The maximum atomic E-state index is 13.6. The van der Waals surface area contributed by atoms with Crippen LogP contribution in [-0.4, -0.2) is 60.1 Å². The highest BCUT2D eigenvalue weighted by Gasteiger charge is 2.44. The summed E-state index contributed by atoms with van der Waals surface area (Å²) >= 11 is 0. The molecule has 1 fully saturated rings. The lowest BCUT2D eigenvalue weighted by Gasteiger charge is -2.35. The van der Waals surface area contributed by atoms with Gasteiger partial charge in [0.15, 0.2) is 0 Å². The smallest absolute Gasteiger partial charge is 0.409 e. The van der Waals surface area contributed by atoms with Crippen LogP contribution in [0.3, 0.4) is 0 Å². The SMILES string of the molecule is CCOC(=O)N1CCC(N2C(=O)C(Nc3cccc(OCC)c3)=C(c3ccccc3)C2=O)CC1. The Bertz CT molecular complexity index is 1090. The zero-order valence-electron chi connectivity index (χ0n) is 19.5. The lowest BCUT2D eigenvalue weighted by atomic mass is 10.0. The maximum Gasteiger partial charge on any atom is 0.409 e. The molecule has 8 heteroatoms. The summed E-state index contributed by atoms with van der Waals surface area (Å²) in [5.74, 6) is -0.0103. The first-order valence-corrected chi connectivity index (χ1v) is 11.6. The Morgan fingerprint density at radius 2 is 1.71 bits per heavy atom. The summed E-state index contributed by atoms with van der Waals surface area (Å²) in [4.78, 5) is 42.2. The van der Waals surface area contributed by atoms with Crippen LogP contribution in [0.2, 0.25) is 0 Å². The minimum atomic E-state index is -0.361. The van der Waals surface area contributed by atoms with Crippen molar-refractivity contribution in [1.82, 2.24) is 9.80 Å². The van der Waals surface area contributed by atoms with Gasteiger partial charge in [0, 0.05) is 30.9 Å². The number of carbonyl (C=O) groups excluding carboxylic acids is 3. The molecule has 0 aliphatic carbocycles. The predicted octanol–water partition coefficient (Wildman–Crippen LogP) is 3.90. The van der Waals surface area contributed by atoms with Gasteiger partial charge in [0.25, 0.3) is 11.8 Å². The van der Waals surface area contributed by atoms with Crippen LogP contribution in [0.4, 0.5) is 10.5 Å². The Kier molecular flexibility index (Phi) is 7.15. The second kappa shape index (κ2) is 10.4. The van der Waals surface area contributed by atoms with Gasteiger partial charge in [-0.1, -0.05) is 36.4 Å². The molecular weight excluding hydrogens is 434 g/mol. The molecule has 2 aliphatic heterocycles. The third-order valence-corrected chi connectivity index (χ3v) is 5.95. The second-order valence-electron chi connectivity index (χ2n) is 8.10. The number of hydrogen-bond acceptors (Lipinski definition) is 6. The first kappa shape index (κ1) is 23.4. The molecular formula is C26H29N3O5. The number of anilines is 1. The average Bonchev–Trinajstić information content (AvgIpc) is 3.09. The molecule has 2 aromatic rings. The van der Waals surface area contributed by atoms with Crippen LogP contribution in [-0.2, 0) is 14.3 Å². The van der Waals surface area contributed by atoms with Gasteiger partial charge in [-0.05, 0) is 44.4 Å². The normalized spacial score (nSPS) is 16.8. The minimum Gasteiger partial charge on any atom is -0.494 e. The van der Waals surface area contributed by atoms with Crippen LogP contribution < -0.4 is 10.1 Å². The Morgan fingerprint density at radius 1 is 0.971 bits per heavy atom. The molecule has 3 amide bonds. The highest BCUT2D eigenvalue weighted by Crippen LogP contribution is 2.34. The van der Waals surface area contributed by atoms with Crippen molar-refractivity contribution in [2.24, 2.45) is 0 Å². The first-order valence-electron chi connectivity index (χ1n) is 11.6. The van der Waals surface area contributed by atoms with Gasteiger partial charge in [-0.25, -0.2) is 4.79 Å². The summed E-state index contributed by atoms with van der Waals surface area (Å²) < 4.78 is 10.7. The summed E-state index contributed by atoms with van der Waals surface area (Å²) in [5, 5.41) is 3.18. The number of carbonyl (C=O) groups is 3. The molecule has 0 spiro atoms. The summed E-state index contributed by atoms with van der Waals surface area (Å²) in [6.07, 6.45) is 0.649. The van der Waals surface area contributed by atoms with Crippen LogP contribution in [0.25, 0.3) is 5.57 Å². The van der Waals surface area contributed by atoms with E-state index in [1.54, 1.807) is 17.9 Å². The van der Waals surface area contributed by atoms with Crippen molar-refractivity contribution in [2.45, 2.75) is 32.7 Å². The number of ether oxygens (including phenoxy) is 2. The molecule has 1 saturated heterocycles. The van der Waals surface area contributed by atoms with E-state index in [0.29, 0.717) is 61.7 Å². The quantitative estimate of drug-likeness (QED) is 0.627. The number of rotatable bonds is 7. The number of hydrogen-bond donors (Lipinski definition) is 1. The highest BCUT2D eigenvalue weighted by atomic mass is 16.6. The van der Waals surface area contributed by atoms with Crippen molar-refractivity contribution in [3.63, 3.8) is 0 Å². The summed E-state index contributed by atoms with van der Waals surface area (Å²) in [5.41, 5.74) is 1.93. The number of imide groups is 1. The number of benzene rings is 2. The third kappa shape index (κ3) is 4.76. The fourth-order valence-electron chi connectivity index (χ4n) is 4.36. The van der Waals surface area contributed by atoms with E-state index < -0.39 is 0 Å². The minimum absolute atomic E-state index is 0.248. The average molecular weight is 464 g/mol. The monoisotopic (exact) mass is 463 g/mol. The van der Waals surface area contributed by atoms with Crippen LogP contribution in [0.15, 0.2) is 60.3 Å². The van der Waals surface area contributed by atoms with Crippen LogP contribution in [0.5, 0.6) is 5.75 Å². The van der Waals surface area contributed by atoms with Crippen LogP contribution >= 0.6 is 0 Å². The van der Waals surface area contributed by atoms with E-state index in [0.717, 1.165) is 0 Å². The Hall–Kier alpha value is -3.81. The fraction of sp³-hybridized carbons (Fsp3) is 0.346. The molecule has 1 N–H and O–H groups in total. The first-order chi connectivity index (χ1) is 16.5. The van der Waals surface area contributed by atoms with E-state index in [4.69, 9.17) is 9.47 Å². The lowest BCUT2D eigenvalue weighted by Crippen LogP contribution is -2.49. The number of nitrogens with zero attached hydrogens (tertiary/aromatic N) is 2. The Labute approximate surface area is 199 Å². The maximum absolute atomic E-state index is 13.6. The van der Waals surface area contributed by atoms with Gasteiger partial charge in [0.2, 0.25) is 0 Å². The van der Waals surface area contributed by atoms with Gasteiger partial charge in [-0.2, -0.15) is 0 Å². The topological polar surface area (TPSA) is 88.2 Å². The number of likely N-dealkylation sites (tertiary alicyclic amines) is 1. The van der Waals surface area contributed by atoms with Crippen molar-refractivity contribution in [3.05, 3.63) is 65.9 Å². The predicted molar refractivity (Wildman–Crippen MR) is 128 cm³/mol. The van der Waals surface area contributed by atoms with E-state index >= 15 is 0 Å². The molecule has 8 nitrogen and oxygen atoms in total. The molecule has 0 aromatic heterocycles. The van der Waals surface area contributed by atoms with Gasteiger partial charge < -0.3 is 19.7 Å². The number of piperidine rings is 1. The van der Waals surface area contributed by atoms with Gasteiger partial charge in [0.1, 0.15) is 11.4 Å². The van der Waals surface area contributed by atoms with Crippen LogP contribution in [0.1, 0.15) is 32.3 Å². The van der Waals surface area contributed by atoms with Gasteiger partial charge in [-0.15, -0.1) is 0 Å². The van der Waals surface area contributed by atoms with Crippen molar-refractivity contribution in [1.29, 1.82) is 0 Å². The molecule has 178 valence electrons. The summed E-state index contributed by atoms with van der Waals surface area (Å²) in [7, 11) is 0. The summed E-state index contributed by atoms with van der Waals surface area (Å²) in [6.45, 7) is 5.37.